The van der Waals surface area contributed by atoms with E-state index in [9.17, 15) is 0 Å². The summed E-state index contributed by atoms with van der Waals surface area (Å²) in [6, 6.07) is 0. The van der Waals surface area contributed by atoms with Crippen LogP contribution in [0.1, 0.15) is 20.3 Å². The number of hydrogen-bond acceptors (Lipinski definition) is 0. The van der Waals surface area contributed by atoms with Crippen molar-refractivity contribution in [2.24, 2.45) is 5.41 Å². The molecule has 1 saturated carbocycles. The number of fused-ring (bicyclic) bond motifs is 2. The lowest BCUT2D eigenvalue weighted by atomic mass is 9.72. The van der Waals surface area contributed by atoms with Crippen molar-refractivity contribution in [2.45, 2.75) is 34.3 Å². The Hall–Kier alpha value is 1.22. The van der Waals surface area contributed by atoms with Crippen molar-refractivity contribution < 1.29 is 0 Å². The molecular formula is C11H10Cl6. The topological polar surface area (TPSA) is 0 Å². The maximum absolute atomic E-state index is 6.64. The lowest BCUT2D eigenvalue weighted by molar-refractivity contribution is 0.345. The van der Waals surface area contributed by atoms with E-state index in [0.29, 0.717) is 6.42 Å². The first kappa shape index (κ1) is 14.6. The van der Waals surface area contributed by atoms with Gasteiger partial charge in [0.15, 0.2) is 4.33 Å². The number of allylic oxidation sites excluding steroid dienone is 3. The van der Waals surface area contributed by atoms with Crippen LogP contribution in [0.4, 0.5) is 0 Å². The van der Waals surface area contributed by atoms with Gasteiger partial charge >= 0.3 is 0 Å². The molecule has 2 bridgehead atoms. The molecule has 0 nitrogen and oxygen atoms in total. The Morgan fingerprint density at radius 3 is 1.88 bits per heavy atom. The molecule has 3 atom stereocenters. The van der Waals surface area contributed by atoms with E-state index >= 15 is 0 Å². The molecule has 0 radical (unpaired) electrons. The molecule has 0 aromatic heterocycles. The zero-order valence-corrected chi connectivity index (χ0v) is 13.7. The van der Waals surface area contributed by atoms with Crippen molar-refractivity contribution in [1.29, 1.82) is 0 Å². The predicted octanol–water partition coefficient (Wildman–Crippen LogP) is 5.80. The lowest BCUT2D eigenvalue weighted by Crippen LogP contribution is -2.48. The minimum absolute atomic E-state index is 0.220. The molecule has 6 heteroatoms. The molecule has 0 amide bonds. The number of halogens is 6. The molecule has 0 spiro atoms. The van der Waals surface area contributed by atoms with Gasteiger partial charge < -0.3 is 0 Å². The third kappa shape index (κ3) is 1.26. The van der Waals surface area contributed by atoms with Gasteiger partial charge in [-0.25, -0.2) is 0 Å². The average molecular weight is 355 g/mol. The Balaban J connectivity index is 2.80. The fourth-order valence-corrected chi connectivity index (χ4v) is 5.82. The zero-order valence-electron chi connectivity index (χ0n) is 9.18. The van der Waals surface area contributed by atoms with Gasteiger partial charge in [-0.3, -0.25) is 0 Å². The predicted molar refractivity (Wildman–Crippen MR) is 77.9 cm³/mol. The van der Waals surface area contributed by atoms with E-state index in [2.05, 4.69) is 6.58 Å². The Morgan fingerprint density at radius 1 is 1.12 bits per heavy atom. The van der Waals surface area contributed by atoms with Crippen molar-refractivity contribution in [3.8, 4) is 0 Å². The summed E-state index contributed by atoms with van der Waals surface area (Å²) in [5, 5.41) is 0.456. The summed E-state index contributed by atoms with van der Waals surface area (Å²) >= 11 is 38.3. The van der Waals surface area contributed by atoms with Crippen molar-refractivity contribution in [3.05, 3.63) is 22.2 Å². The maximum atomic E-state index is 6.64. The monoisotopic (exact) mass is 352 g/mol. The summed E-state index contributed by atoms with van der Waals surface area (Å²) in [5.74, 6) is 0. The smallest absolute Gasteiger partial charge is 0.110 e. The highest BCUT2D eigenvalue weighted by Gasteiger charge is 2.82. The Labute approximate surface area is 131 Å². The first-order chi connectivity index (χ1) is 7.47. The summed E-state index contributed by atoms with van der Waals surface area (Å²) in [6.45, 7) is 7.70. The van der Waals surface area contributed by atoms with Gasteiger partial charge in [0.1, 0.15) is 9.75 Å². The Kier molecular flexibility index (Phi) is 3.14. The average Bonchev–Trinajstić information content (AvgIpc) is 2.39. The standard InChI is InChI=1S/C11H10Cl6/c1-5(2)8(3)4-9(14)6(12)7(13)10(8,15)11(9,16)17/h1,4H2,2-3H3/t8-,9-,10-/m1/s1. The third-order valence-corrected chi connectivity index (χ3v) is 8.44. The van der Waals surface area contributed by atoms with E-state index in [0.717, 1.165) is 5.57 Å². The molecule has 96 valence electrons. The summed E-state index contributed by atoms with van der Waals surface area (Å²) in [6.07, 6.45) is 0.405. The normalized spacial score (nSPS) is 47.8. The van der Waals surface area contributed by atoms with Crippen molar-refractivity contribution in [3.63, 3.8) is 0 Å². The fraction of sp³-hybridized carbons (Fsp3) is 0.636. The second-order valence-corrected chi connectivity index (χ2v) is 8.25. The molecule has 0 aliphatic heterocycles. The molecule has 17 heavy (non-hydrogen) atoms. The summed E-state index contributed by atoms with van der Waals surface area (Å²) < 4.78 is -1.47. The van der Waals surface area contributed by atoms with Crippen molar-refractivity contribution in [1.82, 2.24) is 0 Å². The van der Waals surface area contributed by atoms with Crippen LogP contribution >= 0.6 is 69.6 Å². The van der Waals surface area contributed by atoms with Gasteiger partial charge in [0.25, 0.3) is 0 Å². The maximum Gasteiger partial charge on any atom is 0.167 e. The Morgan fingerprint density at radius 2 is 1.59 bits per heavy atom. The molecular weight excluding hydrogens is 345 g/mol. The highest BCUT2D eigenvalue weighted by atomic mass is 35.5. The lowest BCUT2D eigenvalue weighted by Gasteiger charge is -2.42. The van der Waals surface area contributed by atoms with Crippen LogP contribution in [0.3, 0.4) is 0 Å². The van der Waals surface area contributed by atoms with Gasteiger partial charge in [0.05, 0.1) is 10.1 Å². The van der Waals surface area contributed by atoms with Gasteiger partial charge in [0, 0.05) is 5.41 Å². The van der Waals surface area contributed by atoms with Crippen LogP contribution in [0.5, 0.6) is 0 Å². The van der Waals surface area contributed by atoms with E-state index in [1.807, 2.05) is 13.8 Å². The van der Waals surface area contributed by atoms with Crippen LogP contribution in [0.2, 0.25) is 0 Å². The van der Waals surface area contributed by atoms with Crippen LogP contribution in [0.15, 0.2) is 22.2 Å². The SMILES string of the molecule is C=C(C)[C@@]1(C)C[C@@]2(Cl)C(Cl)=C(Cl)[C@]1(Cl)C2(Cl)Cl. The van der Waals surface area contributed by atoms with Gasteiger partial charge in [-0.1, -0.05) is 65.5 Å². The van der Waals surface area contributed by atoms with E-state index < -0.39 is 19.5 Å². The highest BCUT2D eigenvalue weighted by molar-refractivity contribution is 6.65. The molecule has 0 unspecified atom stereocenters. The van der Waals surface area contributed by atoms with Gasteiger partial charge in [-0.15, -0.1) is 23.2 Å². The molecule has 0 N–H and O–H groups in total. The van der Waals surface area contributed by atoms with Crippen LogP contribution in [-0.2, 0) is 0 Å². The van der Waals surface area contributed by atoms with Gasteiger partial charge in [-0.05, 0) is 13.3 Å². The van der Waals surface area contributed by atoms with Crippen LogP contribution in [-0.4, -0.2) is 14.1 Å². The minimum atomic E-state index is -1.47. The second kappa shape index (κ2) is 3.65. The fourth-order valence-electron chi connectivity index (χ4n) is 2.71. The largest absolute Gasteiger partial charge is 0.167 e. The molecule has 2 rings (SSSR count). The van der Waals surface area contributed by atoms with Crippen LogP contribution in [0.25, 0.3) is 0 Å². The molecule has 0 saturated heterocycles. The van der Waals surface area contributed by atoms with E-state index in [1.165, 1.54) is 0 Å². The summed E-state index contributed by atoms with van der Waals surface area (Å²) in [5.41, 5.74) is 0.220. The number of hydrogen-bond donors (Lipinski definition) is 0. The van der Waals surface area contributed by atoms with E-state index in [-0.39, 0.29) is 10.1 Å². The summed E-state index contributed by atoms with van der Waals surface area (Å²) in [7, 11) is 0. The van der Waals surface area contributed by atoms with Gasteiger partial charge in [0.2, 0.25) is 0 Å². The highest BCUT2D eigenvalue weighted by Crippen LogP contribution is 2.79. The summed E-state index contributed by atoms with van der Waals surface area (Å²) in [4.78, 5) is -2.40. The van der Waals surface area contributed by atoms with E-state index in [1.54, 1.807) is 0 Å². The van der Waals surface area contributed by atoms with Gasteiger partial charge in [-0.2, -0.15) is 0 Å². The zero-order chi connectivity index (χ0) is 13.4. The molecule has 0 aromatic rings. The van der Waals surface area contributed by atoms with Crippen molar-refractivity contribution >= 4 is 69.6 Å². The van der Waals surface area contributed by atoms with Crippen LogP contribution in [0, 0.1) is 5.41 Å². The quantitative estimate of drug-likeness (QED) is 0.412. The molecule has 1 fully saturated rings. The number of alkyl halides is 4. The first-order valence-electron chi connectivity index (χ1n) is 4.94. The third-order valence-electron chi connectivity index (χ3n) is 4.07. The molecule has 0 heterocycles. The number of rotatable bonds is 1. The second-order valence-electron chi connectivity index (χ2n) is 4.95. The van der Waals surface area contributed by atoms with Crippen molar-refractivity contribution in [2.75, 3.05) is 0 Å². The molecule has 0 aromatic carbocycles. The molecule has 2 aliphatic rings. The van der Waals surface area contributed by atoms with Crippen LogP contribution < -0.4 is 0 Å². The van der Waals surface area contributed by atoms with E-state index in [4.69, 9.17) is 69.6 Å². The molecule has 2 aliphatic carbocycles. The first-order valence-corrected chi connectivity index (χ1v) is 7.21. The Bertz CT molecular complexity index is 453. The minimum Gasteiger partial charge on any atom is -0.110 e.